The van der Waals surface area contributed by atoms with Gasteiger partial charge in [-0.15, -0.1) is 0 Å². The van der Waals surface area contributed by atoms with Crippen molar-refractivity contribution >= 4 is 11.2 Å². The summed E-state index contributed by atoms with van der Waals surface area (Å²) in [5, 5.41) is 0. The highest BCUT2D eigenvalue weighted by molar-refractivity contribution is 5.70. The average molecular weight is 216 g/mol. The van der Waals surface area contributed by atoms with Crippen molar-refractivity contribution in [1.29, 1.82) is 0 Å². The molecular formula is C12H16N4. The van der Waals surface area contributed by atoms with Crippen LogP contribution in [0.4, 0.5) is 0 Å². The maximum atomic E-state index is 6.02. The fraction of sp³-hybridized carbons (Fsp3) is 0.500. The van der Waals surface area contributed by atoms with E-state index in [1.54, 1.807) is 0 Å². The molecule has 16 heavy (non-hydrogen) atoms. The smallest absolute Gasteiger partial charge is 0.160 e. The molecule has 0 aliphatic heterocycles. The highest BCUT2D eigenvalue weighted by atomic mass is 15.1. The molecular weight excluding hydrogens is 200 g/mol. The first-order chi connectivity index (χ1) is 7.84. The number of fused-ring (bicyclic) bond motifs is 1. The van der Waals surface area contributed by atoms with Crippen LogP contribution in [0.3, 0.4) is 0 Å². The summed E-state index contributed by atoms with van der Waals surface area (Å²) >= 11 is 0. The molecule has 3 rings (SSSR count). The van der Waals surface area contributed by atoms with Crippen molar-refractivity contribution in [2.24, 2.45) is 5.73 Å². The van der Waals surface area contributed by atoms with E-state index in [1.807, 2.05) is 24.7 Å². The molecule has 2 heterocycles. The predicted molar refractivity (Wildman–Crippen MR) is 63.0 cm³/mol. The number of nitrogens with zero attached hydrogens (tertiary/aromatic N) is 3. The standard InChI is InChI=1S/C12H16N4/c13-9-3-1-4-10(7-9)16-8-15-11-5-2-6-14-12(11)16/h2,5-6,8-10H,1,3-4,7,13H2/t9-,10+/m1/s1. The second-order valence-electron chi connectivity index (χ2n) is 4.58. The minimum Gasteiger partial charge on any atom is -0.328 e. The molecule has 1 fully saturated rings. The van der Waals surface area contributed by atoms with Gasteiger partial charge in [-0.3, -0.25) is 0 Å². The van der Waals surface area contributed by atoms with E-state index in [-0.39, 0.29) is 0 Å². The molecule has 0 unspecified atom stereocenters. The van der Waals surface area contributed by atoms with Crippen molar-refractivity contribution in [3.05, 3.63) is 24.7 Å². The zero-order chi connectivity index (χ0) is 11.0. The molecule has 2 atom stereocenters. The molecule has 0 spiro atoms. The molecule has 0 radical (unpaired) electrons. The Kier molecular flexibility index (Phi) is 2.36. The Morgan fingerprint density at radius 1 is 1.31 bits per heavy atom. The Balaban J connectivity index is 1.99. The van der Waals surface area contributed by atoms with Crippen molar-refractivity contribution in [3.63, 3.8) is 0 Å². The third-order valence-electron chi connectivity index (χ3n) is 3.41. The van der Waals surface area contributed by atoms with E-state index in [9.17, 15) is 0 Å². The van der Waals surface area contributed by atoms with Gasteiger partial charge < -0.3 is 10.3 Å². The Hall–Kier alpha value is -1.42. The van der Waals surface area contributed by atoms with E-state index in [4.69, 9.17) is 5.73 Å². The van der Waals surface area contributed by atoms with Gasteiger partial charge in [0.1, 0.15) is 5.52 Å². The Bertz CT molecular complexity index is 490. The zero-order valence-electron chi connectivity index (χ0n) is 9.21. The van der Waals surface area contributed by atoms with Crippen LogP contribution in [0.2, 0.25) is 0 Å². The van der Waals surface area contributed by atoms with Crippen LogP contribution in [-0.2, 0) is 0 Å². The molecule has 2 aromatic rings. The first-order valence-corrected chi connectivity index (χ1v) is 5.88. The van der Waals surface area contributed by atoms with Crippen molar-refractivity contribution in [3.8, 4) is 0 Å². The Morgan fingerprint density at radius 3 is 3.12 bits per heavy atom. The second kappa shape index (κ2) is 3.87. The summed E-state index contributed by atoms with van der Waals surface area (Å²) in [4.78, 5) is 8.78. The van der Waals surface area contributed by atoms with Crippen LogP contribution in [0.5, 0.6) is 0 Å². The van der Waals surface area contributed by atoms with Gasteiger partial charge in [-0.25, -0.2) is 9.97 Å². The van der Waals surface area contributed by atoms with Crippen LogP contribution < -0.4 is 5.73 Å². The Labute approximate surface area is 94.5 Å². The fourth-order valence-electron chi connectivity index (χ4n) is 2.59. The molecule has 0 bridgehead atoms. The number of imidazole rings is 1. The molecule has 4 heteroatoms. The summed E-state index contributed by atoms with van der Waals surface area (Å²) in [6.45, 7) is 0. The van der Waals surface area contributed by atoms with Gasteiger partial charge in [-0.05, 0) is 37.8 Å². The lowest BCUT2D eigenvalue weighted by Crippen LogP contribution is -2.29. The number of hydrogen-bond donors (Lipinski definition) is 1. The fourth-order valence-corrected chi connectivity index (χ4v) is 2.59. The van der Waals surface area contributed by atoms with E-state index < -0.39 is 0 Å². The minimum atomic E-state index is 0.333. The number of hydrogen-bond acceptors (Lipinski definition) is 3. The second-order valence-corrected chi connectivity index (χ2v) is 4.58. The first-order valence-electron chi connectivity index (χ1n) is 5.88. The topological polar surface area (TPSA) is 56.7 Å². The number of nitrogens with two attached hydrogens (primary N) is 1. The molecule has 0 saturated heterocycles. The van der Waals surface area contributed by atoms with Crippen LogP contribution in [0.1, 0.15) is 31.7 Å². The van der Waals surface area contributed by atoms with E-state index in [0.717, 1.165) is 24.0 Å². The van der Waals surface area contributed by atoms with E-state index in [1.165, 1.54) is 12.8 Å². The van der Waals surface area contributed by atoms with Crippen molar-refractivity contribution < 1.29 is 0 Å². The molecule has 0 amide bonds. The summed E-state index contributed by atoms with van der Waals surface area (Å²) < 4.78 is 2.19. The molecule has 1 aliphatic rings. The van der Waals surface area contributed by atoms with Crippen LogP contribution in [0, 0.1) is 0 Å². The van der Waals surface area contributed by atoms with Gasteiger partial charge in [0.25, 0.3) is 0 Å². The minimum absolute atomic E-state index is 0.333. The maximum absolute atomic E-state index is 6.02. The molecule has 84 valence electrons. The normalized spacial score (nSPS) is 26.1. The van der Waals surface area contributed by atoms with Gasteiger partial charge >= 0.3 is 0 Å². The highest BCUT2D eigenvalue weighted by Gasteiger charge is 2.22. The molecule has 4 nitrogen and oxygen atoms in total. The summed E-state index contributed by atoms with van der Waals surface area (Å²) in [5.41, 5.74) is 7.98. The summed E-state index contributed by atoms with van der Waals surface area (Å²) in [6.07, 6.45) is 8.32. The van der Waals surface area contributed by atoms with Gasteiger partial charge in [-0.2, -0.15) is 0 Å². The lowest BCUT2D eigenvalue weighted by atomic mass is 9.91. The number of rotatable bonds is 1. The van der Waals surface area contributed by atoms with Crippen molar-refractivity contribution in [2.75, 3.05) is 0 Å². The van der Waals surface area contributed by atoms with E-state index in [2.05, 4.69) is 14.5 Å². The van der Waals surface area contributed by atoms with Crippen molar-refractivity contribution in [2.45, 2.75) is 37.8 Å². The summed E-state index contributed by atoms with van der Waals surface area (Å²) in [6, 6.07) is 4.73. The predicted octanol–water partition coefficient (Wildman–Crippen LogP) is 1.87. The quantitative estimate of drug-likeness (QED) is 0.791. The molecule has 2 aromatic heterocycles. The van der Waals surface area contributed by atoms with Gasteiger partial charge in [0, 0.05) is 18.3 Å². The van der Waals surface area contributed by atoms with E-state index >= 15 is 0 Å². The first kappa shape index (κ1) is 9.78. The van der Waals surface area contributed by atoms with E-state index in [0.29, 0.717) is 12.1 Å². The summed E-state index contributed by atoms with van der Waals surface area (Å²) in [7, 11) is 0. The Morgan fingerprint density at radius 2 is 2.25 bits per heavy atom. The highest BCUT2D eigenvalue weighted by Crippen LogP contribution is 2.29. The van der Waals surface area contributed by atoms with Crippen LogP contribution in [0.15, 0.2) is 24.7 Å². The zero-order valence-corrected chi connectivity index (χ0v) is 9.21. The average Bonchev–Trinajstić information content (AvgIpc) is 2.72. The lowest BCUT2D eigenvalue weighted by molar-refractivity contribution is 0.324. The van der Waals surface area contributed by atoms with Crippen LogP contribution in [0.25, 0.3) is 11.2 Å². The molecule has 1 saturated carbocycles. The monoisotopic (exact) mass is 216 g/mol. The number of pyridine rings is 1. The van der Waals surface area contributed by atoms with Crippen LogP contribution in [-0.4, -0.2) is 20.6 Å². The lowest BCUT2D eigenvalue weighted by Gasteiger charge is -2.27. The van der Waals surface area contributed by atoms with Gasteiger partial charge in [0.05, 0.1) is 6.33 Å². The van der Waals surface area contributed by atoms with Gasteiger partial charge in [0.15, 0.2) is 5.65 Å². The molecule has 0 aromatic carbocycles. The van der Waals surface area contributed by atoms with Crippen molar-refractivity contribution in [1.82, 2.24) is 14.5 Å². The number of aromatic nitrogens is 3. The van der Waals surface area contributed by atoms with Gasteiger partial charge in [0.2, 0.25) is 0 Å². The maximum Gasteiger partial charge on any atom is 0.160 e. The SMILES string of the molecule is N[C@@H]1CCC[C@H](n2cnc3cccnc32)C1. The van der Waals surface area contributed by atoms with Gasteiger partial charge in [-0.1, -0.05) is 0 Å². The molecule has 1 aliphatic carbocycles. The molecule has 2 N–H and O–H groups in total. The third kappa shape index (κ3) is 1.59. The van der Waals surface area contributed by atoms with Crippen LogP contribution >= 0.6 is 0 Å². The summed E-state index contributed by atoms with van der Waals surface area (Å²) in [5.74, 6) is 0. The third-order valence-corrected chi connectivity index (χ3v) is 3.41. The largest absolute Gasteiger partial charge is 0.328 e.